The van der Waals surface area contributed by atoms with Crippen LogP contribution in [0.25, 0.3) is 0 Å². The largest absolute Gasteiger partial charge is 0.382 e. The van der Waals surface area contributed by atoms with Gasteiger partial charge in [-0.3, -0.25) is 14.3 Å². The Labute approximate surface area is 155 Å². The van der Waals surface area contributed by atoms with Crippen molar-refractivity contribution in [3.63, 3.8) is 0 Å². The van der Waals surface area contributed by atoms with Gasteiger partial charge in [0.05, 0.1) is 17.6 Å². The standard InChI is InChI=1S/C19H19N5O3/c1-20-19(27)16-9-13(18(26)22-14-10-21-24(2)11-14)8-15(23-16)17(25)12-6-4-3-5-7-12/h3-11,17,25H,1-2H3,(H,20,27)(H,22,26)/t17-/m1/s1. The van der Waals surface area contributed by atoms with E-state index in [1.54, 1.807) is 42.2 Å². The van der Waals surface area contributed by atoms with E-state index in [2.05, 4.69) is 20.7 Å². The Morgan fingerprint density at radius 3 is 2.52 bits per heavy atom. The molecule has 0 fully saturated rings. The minimum absolute atomic E-state index is 0.0429. The van der Waals surface area contributed by atoms with Gasteiger partial charge in [0.2, 0.25) is 0 Å². The molecule has 0 spiro atoms. The van der Waals surface area contributed by atoms with E-state index >= 15 is 0 Å². The molecule has 0 aliphatic heterocycles. The average Bonchev–Trinajstić information content (AvgIpc) is 3.11. The van der Waals surface area contributed by atoms with Crippen LogP contribution in [0, 0.1) is 0 Å². The van der Waals surface area contributed by atoms with Gasteiger partial charge in [-0.15, -0.1) is 0 Å². The lowest BCUT2D eigenvalue weighted by Gasteiger charge is -2.13. The van der Waals surface area contributed by atoms with Gasteiger partial charge >= 0.3 is 0 Å². The second kappa shape index (κ2) is 7.79. The second-order valence-electron chi connectivity index (χ2n) is 5.92. The predicted octanol–water partition coefficient (Wildman–Crippen LogP) is 1.51. The Balaban J connectivity index is 1.97. The molecule has 2 amide bonds. The molecule has 27 heavy (non-hydrogen) atoms. The van der Waals surface area contributed by atoms with Gasteiger partial charge in [0.1, 0.15) is 11.8 Å². The summed E-state index contributed by atoms with van der Waals surface area (Å²) in [6.07, 6.45) is 2.09. The molecule has 2 heterocycles. The summed E-state index contributed by atoms with van der Waals surface area (Å²) < 4.78 is 1.56. The molecular formula is C19H19N5O3. The van der Waals surface area contributed by atoms with Crippen LogP contribution < -0.4 is 10.6 Å². The van der Waals surface area contributed by atoms with Gasteiger partial charge in [-0.25, -0.2) is 4.98 Å². The highest BCUT2D eigenvalue weighted by atomic mass is 16.3. The van der Waals surface area contributed by atoms with Crippen molar-refractivity contribution in [1.29, 1.82) is 0 Å². The maximum absolute atomic E-state index is 12.6. The molecule has 138 valence electrons. The first-order chi connectivity index (χ1) is 13.0. The van der Waals surface area contributed by atoms with Crippen molar-refractivity contribution in [2.45, 2.75) is 6.10 Å². The fourth-order valence-electron chi connectivity index (χ4n) is 2.56. The number of nitrogens with zero attached hydrogens (tertiary/aromatic N) is 3. The molecule has 0 radical (unpaired) electrons. The van der Waals surface area contributed by atoms with E-state index in [4.69, 9.17) is 0 Å². The highest BCUT2D eigenvalue weighted by molar-refractivity contribution is 6.05. The fourth-order valence-corrected chi connectivity index (χ4v) is 2.56. The summed E-state index contributed by atoms with van der Waals surface area (Å²) in [6, 6.07) is 11.7. The second-order valence-corrected chi connectivity index (χ2v) is 5.92. The third-order valence-corrected chi connectivity index (χ3v) is 3.93. The zero-order chi connectivity index (χ0) is 19.4. The Morgan fingerprint density at radius 1 is 1.15 bits per heavy atom. The average molecular weight is 365 g/mol. The summed E-state index contributed by atoms with van der Waals surface area (Å²) in [7, 11) is 3.21. The summed E-state index contributed by atoms with van der Waals surface area (Å²) in [6.45, 7) is 0. The van der Waals surface area contributed by atoms with Crippen LogP contribution in [0.3, 0.4) is 0 Å². The number of carbonyl (C=O) groups is 2. The lowest BCUT2D eigenvalue weighted by Crippen LogP contribution is -2.22. The Kier molecular flexibility index (Phi) is 5.28. The third-order valence-electron chi connectivity index (χ3n) is 3.93. The van der Waals surface area contributed by atoms with E-state index in [1.807, 2.05) is 6.07 Å². The minimum Gasteiger partial charge on any atom is -0.382 e. The summed E-state index contributed by atoms with van der Waals surface area (Å²) in [5.74, 6) is -0.885. The van der Waals surface area contributed by atoms with E-state index in [-0.39, 0.29) is 17.0 Å². The Morgan fingerprint density at radius 2 is 1.89 bits per heavy atom. The highest BCUT2D eigenvalue weighted by Gasteiger charge is 2.19. The first kappa shape index (κ1) is 18.3. The van der Waals surface area contributed by atoms with Gasteiger partial charge in [0.25, 0.3) is 11.8 Å². The molecule has 0 saturated heterocycles. The van der Waals surface area contributed by atoms with Gasteiger partial charge in [0.15, 0.2) is 0 Å². The van der Waals surface area contributed by atoms with E-state index in [1.165, 1.54) is 25.4 Å². The predicted molar refractivity (Wildman–Crippen MR) is 99.3 cm³/mol. The third kappa shape index (κ3) is 4.18. The number of nitrogens with one attached hydrogen (secondary N) is 2. The summed E-state index contributed by atoms with van der Waals surface area (Å²) >= 11 is 0. The van der Waals surface area contributed by atoms with Crippen LogP contribution >= 0.6 is 0 Å². The number of aliphatic hydroxyl groups is 1. The van der Waals surface area contributed by atoms with Crippen molar-refractivity contribution in [2.24, 2.45) is 7.05 Å². The van der Waals surface area contributed by atoms with Crippen molar-refractivity contribution in [2.75, 3.05) is 12.4 Å². The summed E-state index contributed by atoms with van der Waals surface area (Å²) in [5.41, 5.74) is 1.58. The molecule has 8 nitrogen and oxygen atoms in total. The van der Waals surface area contributed by atoms with Gasteiger partial charge in [-0.2, -0.15) is 5.10 Å². The number of aromatic nitrogens is 3. The first-order valence-electron chi connectivity index (χ1n) is 8.25. The number of benzene rings is 1. The SMILES string of the molecule is CNC(=O)c1cc(C(=O)Nc2cnn(C)c2)cc([C@H](O)c2ccccc2)n1. The lowest BCUT2D eigenvalue weighted by molar-refractivity contribution is 0.0957. The van der Waals surface area contributed by atoms with Crippen molar-refractivity contribution < 1.29 is 14.7 Å². The van der Waals surface area contributed by atoms with Crippen LogP contribution in [0.15, 0.2) is 54.9 Å². The molecule has 0 aliphatic carbocycles. The molecule has 0 bridgehead atoms. The fraction of sp³-hybridized carbons (Fsp3) is 0.158. The molecule has 0 saturated carbocycles. The number of pyridine rings is 1. The molecule has 1 aromatic carbocycles. The van der Waals surface area contributed by atoms with Crippen molar-refractivity contribution >= 4 is 17.5 Å². The van der Waals surface area contributed by atoms with Crippen molar-refractivity contribution in [3.05, 3.63) is 77.4 Å². The topological polar surface area (TPSA) is 109 Å². The first-order valence-corrected chi connectivity index (χ1v) is 8.25. The van der Waals surface area contributed by atoms with Crippen molar-refractivity contribution in [3.8, 4) is 0 Å². The zero-order valence-electron chi connectivity index (χ0n) is 14.9. The van der Waals surface area contributed by atoms with E-state index < -0.39 is 17.9 Å². The van der Waals surface area contributed by atoms with Gasteiger partial charge in [-0.05, 0) is 17.7 Å². The monoisotopic (exact) mass is 365 g/mol. The van der Waals surface area contributed by atoms with Crippen LogP contribution in [0.5, 0.6) is 0 Å². The summed E-state index contributed by atoms with van der Waals surface area (Å²) in [4.78, 5) is 28.9. The number of anilines is 1. The van der Waals surface area contributed by atoms with Crippen LogP contribution in [-0.2, 0) is 7.05 Å². The van der Waals surface area contributed by atoms with Gasteiger partial charge < -0.3 is 15.7 Å². The van der Waals surface area contributed by atoms with Gasteiger partial charge in [0, 0.05) is 25.9 Å². The Hall–Kier alpha value is -3.52. The molecular weight excluding hydrogens is 346 g/mol. The Bertz CT molecular complexity index is 968. The quantitative estimate of drug-likeness (QED) is 0.635. The molecule has 1 atom stereocenters. The van der Waals surface area contributed by atoms with E-state index in [9.17, 15) is 14.7 Å². The van der Waals surface area contributed by atoms with Crippen LogP contribution in [-0.4, -0.2) is 38.7 Å². The zero-order valence-corrected chi connectivity index (χ0v) is 14.9. The molecule has 3 N–H and O–H groups in total. The van der Waals surface area contributed by atoms with Crippen LogP contribution in [0.4, 0.5) is 5.69 Å². The lowest BCUT2D eigenvalue weighted by atomic mass is 10.0. The number of amides is 2. The summed E-state index contributed by atoms with van der Waals surface area (Å²) in [5, 5.41) is 19.8. The molecule has 0 unspecified atom stereocenters. The molecule has 0 aliphatic rings. The minimum atomic E-state index is -1.07. The molecule has 2 aromatic heterocycles. The highest BCUT2D eigenvalue weighted by Crippen LogP contribution is 2.22. The van der Waals surface area contributed by atoms with Gasteiger partial charge in [-0.1, -0.05) is 30.3 Å². The smallest absolute Gasteiger partial charge is 0.269 e. The number of rotatable bonds is 5. The van der Waals surface area contributed by atoms with E-state index in [0.717, 1.165) is 0 Å². The van der Waals surface area contributed by atoms with Crippen molar-refractivity contribution in [1.82, 2.24) is 20.1 Å². The maximum Gasteiger partial charge on any atom is 0.269 e. The molecule has 8 heteroatoms. The maximum atomic E-state index is 12.6. The van der Waals surface area contributed by atoms with Crippen LogP contribution in [0.1, 0.15) is 38.2 Å². The number of aliphatic hydroxyl groups excluding tert-OH is 1. The molecule has 3 rings (SSSR count). The molecule has 3 aromatic rings. The number of hydrogen-bond acceptors (Lipinski definition) is 5. The van der Waals surface area contributed by atoms with E-state index in [0.29, 0.717) is 11.3 Å². The number of carbonyl (C=O) groups excluding carboxylic acids is 2. The number of hydrogen-bond donors (Lipinski definition) is 3. The van der Waals surface area contributed by atoms with Crippen LogP contribution in [0.2, 0.25) is 0 Å². The normalized spacial score (nSPS) is 11.7. The number of aryl methyl sites for hydroxylation is 1.